The van der Waals surface area contributed by atoms with Crippen molar-refractivity contribution in [3.05, 3.63) is 29.8 Å². The van der Waals surface area contributed by atoms with Crippen molar-refractivity contribution in [2.24, 2.45) is 0 Å². The fourth-order valence-electron chi connectivity index (χ4n) is 2.81. The van der Waals surface area contributed by atoms with Crippen LogP contribution in [-0.4, -0.2) is 22.3 Å². The predicted molar refractivity (Wildman–Crippen MR) is 77.6 cm³/mol. The first-order chi connectivity index (χ1) is 9.65. The van der Waals surface area contributed by atoms with Crippen LogP contribution in [0.3, 0.4) is 0 Å². The summed E-state index contributed by atoms with van der Waals surface area (Å²) in [6.07, 6.45) is 3.53. The number of aryl methyl sites for hydroxylation is 1. The number of aromatic nitrogens is 2. The van der Waals surface area contributed by atoms with E-state index >= 15 is 0 Å². The predicted octanol–water partition coefficient (Wildman–Crippen LogP) is 4.04. The lowest BCUT2D eigenvalue weighted by atomic mass is 10.2. The molecule has 2 heterocycles. The highest BCUT2D eigenvalue weighted by Crippen LogP contribution is 2.26. The van der Waals surface area contributed by atoms with E-state index in [2.05, 4.69) is 9.55 Å². The van der Waals surface area contributed by atoms with Crippen LogP contribution >= 0.6 is 11.6 Å². The van der Waals surface area contributed by atoms with E-state index < -0.39 is 0 Å². The third-order valence-corrected chi connectivity index (χ3v) is 3.99. The van der Waals surface area contributed by atoms with Crippen molar-refractivity contribution in [1.29, 1.82) is 0 Å². The molecule has 1 saturated heterocycles. The standard InChI is InChI=1S/C15H18ClFN2O/c1-10(16)15-18-13-9-11(17)4-5-14(13)19(15)7-6-12-3-2-8-20-12/h4-5,9-10,12H,2-3,6-8H2,1H3. The summed E-state index contributed by atoms with van der Waals surface area (Å²) in [5.74, 6) is 0.528. The minimum absolute atomic E-state index is 0.199. The highest BCUT2D eigenvalue weighted by molar-refractivity contribution is 6.20. The number of hydrogen-bond donors (Lipinski definition) is 0. The lowest BCUT2D eigenvalue weighted by Crippen LogP contribution is -2.12. The molecule has 0 saturated carbocycles. The van der Waals surface area contributed by atoms with Crippen LogP contribution in [0.2, 0.25) is 0 Å². The Bertz CT molecular complexity index is 605. The van der Waals surface area contributed by atoms with E-state index in [9.17, 15) is 4.39 Å². The number of imidazole rings is 1. The smallest absolute Gasteiger partial charge is 0.127 e. The highest BCUT2D eigenvalue weighted by atomic mass is 35.5. The van der Waals surface area contributed by atoms with Crippen LogP contribution in [0.4, 0.5) is 4.39 Å². The Balaban J connectivity index is 1.91. The maximum absolute atomic E-state index is 13.3. The normalized spacial score (nSPS) is 20.6. The zero-order chi connectivity index (χ0) is 14.1. The lowest BCUT2D eigenvalue weighted by Gasteiger charge is -2.13. The SMILES string of the molecule is CC(Cl)c1nc2cc(F)ccc2n1CCC1CCCO1. The van der Waals surface area contributed by atoms with Crippen molar-refractivity contribution >= 4 is 22.6 Å². The molecule has 0 aliphatic carbocycles. The molecule has 3 nitrogen and oxygen atoms in total. The van der Waals surface area contributed by atoms with Gasteiger partial charge in [-0.3, -0.25) is 0 Å². The van der Waals surface area contributed by atoms with Crippen LogP contribution in [0.1, 0.15) is 37.4 Å². The molecule has 1 aromatic heterocycles. The number of fused-ring (bicyclic) bond motifs is 1. The van der Waals surface area contributed by atoms with Gasteiger partial charge in [-0.1, -0.05) is 0 Å². The number of ether oxygens (including phenoxy) is 1. The molecule has 3 rings (SSSR count). The molecule has 1 aromatic carbocycles. The average Bonchev–Trinajstić information content (AvgIpc) is 3.02. The van der Waals surface area contributed by atoms with Gasteiger partial charge < -0.3 is 9.30 Å². The van der Waals surface area contributed by atoms with Crippen LogP contribution in [0.15, 0.2) is 18.2 Å². The fourth-order valence-corrected chi connectivity index (χ4v) is 2.97. The van der Waals surface area contributed by atoms with E-state index in [1.807, 2.05) is 6.92 Å². The van der Waals surface area contributed by atoms with Gasteiger partial charge in [0.05, 0.1) is 22.5 Å². The maximum Gasteiger partial charge on any atom is 0.127 e. The topological polar surface area (TPSA) is 27.1 Å². The molecule has 20 heavy (non-hydrogen) atoms. The molecule has 1 aliphatic heterocycles. The zero-order valence-electron chi connectivity index (χ0n) is 11.5. The van der Waals surface area contributed by atoms with Crippen molar-refractivity contribution in [2.75, 3.05) is 6.61 Å². The lowest BCUT2D eigenvalue weighted by molar-refractivity contribution is 0.100. The minimum Gasteiger partial charge on any atom is -0.378 e. The first-order valence-corrected chi connectivity index (χ1v) is 7.50. The molecule has 0 radical (unpaired) electrons. The first kappa shape index (κ1) is 13.8. The Morgan fingerprint density at radius 2 is 2.40 bits per heavy atom. The summed E-state index contributed by atoms with van der Waals surface area (Å²) in [6, 6.07) is 4.70. The summed E-state index contributed by atoms with van der Waals surface area (Å²) in [7, 11) is 0. The summed E-state index contributed by atoms with van der Waals surface area (Å²) < 4.78 is 21.1. The van der Waals surface area contributed by atoms with Crippen molar-refractivity contribution in [3.8, 4) is 0 Å². The summed E-state index contributed by atoms with van der Waals surface area (Å²) in [6.45, 7) is 3.56. The van der Waals surface area contributed by atoms with E-state index in [1.54, 1.807) is 6.07 Å². The molecule has 1 fully saturated rings. The monoisotopic (exact) mass is 296 g/mol. The van der Waals surface area contributed by atoms with Crippen molar-refractivity contribution in [1.82, 2.24) is 9.55 Å². The van der Waals surface area contributed by atoms with E-state index in [-0.39, 0.29) is 11.2 Å². The van der Waals surface area contributed by atoms with Crippen molar-refractivity contribution < 1.29 is 9.13 Å². The number of hydrogen-bond acceptors (Lipinski definition) is 2. The van der Waals surface area contributed by atoms with Crippen LogP contribution in [0.25, 0.3) is 11.0 Å². The van der Waals surface area contributed by atoms with Crippen LogP contribution in [-0.2, 0) is 11.3 Å². The minimum atomic E-state index is -0.268. The third kappa shape index (κ3) is 2.67. The number of alkyl halides is 1. The Labute approximate surface area is 122 Å². The molecule has 2 aromatic rings. The summed E-state index contributed by atoms with van der Waals surface area (Å²) in [5, 5.41) is -0.199. The van der Waals surface area contributed by atoms with Gasteiger partial charge in [0, 0.05) is 19.2 Å². The zero-order valence-corrected chi connectivity index (χ0v) is 12.2. The number of benzene rings is 1. The third-order valence-electron chi connectivity index (χ3n) is 3.79. The second kappa shape index (κ2) is 5.70. The van der Waals surface area contributed by atoms with Gasteiger partial charge >= 0.3 is 0 Å². The van der Waals surface area contributed by atoms with Gasteiger partial charge in [-0.15, -0.1) is 11.6 Å². The molecule has 108 valence electrons. The average molecular weight is 297 g/mol. The largest absolute Gasteiger partial charge is 0.378 e. The summed E-state index contributed by atoms with van der Waals surface area (Å²) >= 11 is 6.21. The van der Waals surface area contributed by atoms with Crippen LogP contribution in [0, 0.1) is 5.82 Å². The molecule has 2 atom stereocenters. The van der Waals surface area contributed by atoms with Crippen LogP contribution < -0.4 is 0 Å². The molecule has 2 unspecified atom stereocenters. The number of halogens is 2. The Morgan fingerprint density at radius 1 is 1.55 bits per heavy atom. The molecule has 0 N–H and O–H groups in total. The molecule has 0 amide bonds. The first-order valence-electron chi connectivity index (χ1n) is 7.06. The molecule has 0 bridgehead atoms. The fraction of sp³-hybridized carbons (Fsp3) is 0.533. The van der Waals surface area contributed by atoms with E-state index in [0.717, 1.165) is 43.8 Å². The summed E-state index contributed by atoms with van der Waals surface area (Å²) in [4.78, 5) is 4.47. The molecular weight excluding hydrogens is 279 g/mol. The van der Waals surface area contributed by atoms with Crippen molar-refractivity contribution in [3.63, 3.8) is 0 Å². The van der Waals surface area contributed by atoms with E-state index in [4.69, 9.17) is 16.3 Å². The Hall–Kier alpha value is -1.13. The molecule has 5 heteroatoms. The van der Waals surface area contributed by atoms with Crippen molar-refractivity contribution in [2.45, 2.75) is 44.2 Å². The highest BCUT2D eigenvalue weighted by Gasteiger charge is 2.19. The number of nitrogens with zero attached hydrogens (tertiary/aromatic N) is 2. The van der Waals surface area contributed by atoms with Gasteiger partial charge in [0.1, 0.15) is 11.6 Å². The Kier molecular flexibility index (Phi) is 3.94. The van der Waals surface area contributed by atoms with Gasteiger partial charge in [0.15, 0.2) is 0 Å². The van der Waals surface area contributed by atoms with Gasteiger partial charge in [-0.25, -0.2) is 9.37 Å². The second-order valence-corrected chi connectivity index (χ2v) is 5.95. The molecular formula is C15H18ClFN2O. The van der Waals surface area contributed by atoms with Gasteiger partial charge in [-0.05, 0) is 38.3 Å². The Morgan fingerprint density at radius 3 is 3.10 bits per heavy atom. The van der Waals surface area contributed by atoms with Gasteiger partial charge in [0.25, 0.3) is 0 Å². The number of rotatable bonds is 4. The summed E-state index contributed by atoms with van der Waals surface area (Å²) in [5.41, 5.74) is 1.60. The van der Waals surface area contributed by atoms with Crippen LogP contribution in [0.5, 0.6) is 0 Å². The van der Waals surface area contributed by atoms with E-state index in [0.29, 0.717) is 11.6 Å². The second-order valence-electron chi connectivity index (χ2n) is 5.29. The quantitative estimate of drug-likeness (QED) is 0.796. The van der Waals surface area contributed by atoms with Gasteiger partial charge in [-0.2, -0.15) is 0 Å². The molecule has 0 spiro atoms. The van der Waals surface area contributed by atoms with Gasteiger partial charge in [0.2, 0.25) is 0 Å². The van der Waals surface area contributed by atoms with E-state index in [1.165, 1.54) is 12.1 Å². The maximum atomic E-state index is 13.3. The molecule has 1 aliphatic rings.